The molecule has 1 unspecified atom stereocenters. The van der Waals surface area contributed by atoms with Crippen molar-refractivity contribution in [3.63, 3.8) is 0 Å². The highest BCUT2D eigenvalue weighted by atomic mass is 16.5. The molecular weight excluding hydrogens is 178 g/mol. The van der Waals surface area contributed by atoms with Crippen molar-refractivity contribution in [3.8, 4) is 0 Å². The number of carbonyl (C=O) groups is 1. The molecule has 14 heavy (non-hydrogen) atoms. The number of rotatable bonds is 5. The van der Waals surface area contributed by atoms with Gasteiger partial charge in [-0.2, -0.15) is 0 Å². The van der Waals surface area contributed by atoms with Gasteiger partial charge in [-0.3, -0.25) is 4.79 Å². The van der Waals surface area contributed by atoms with Crippen molar-refractivity contribution in [2.45, 2.75) is 33.1 Å². The molecule has 0 amide bonds. The molecule has 1 atom stereocenters. The molecule has 3 heteroatoms. The van der Waals surface area contributed by atoms with Gasteiger partial charge in [0.25, 0.3) is 0 Å². The first-order valence-corrected chi connectivity index (χ1v) is 5.63. The van der Waals surface area contributed by atoms with Gasteiger partial charge in [0.15, 0.2) is 0 Å². The third-order valence-corrected chi connectivity index (χ3v) is 2.77. The highest BCUT2D eigenvalue weighted by Crippen LogP contribution is 2.11. The number of hydrogen-bond donors (Lipinski definition) is 0. The van der Waals surface area contributed by atoms with Crippen LogP contribution >= 0.6 is 0 Å². The molecule has 1 fully saturated rings. The molecule has 82 valence electrons. The van der Waals surface area contributed by atoms with Crippen LogP contribution in [0.25, 0.3) is 0 Å². The third kappa shape index (κ3) is 3.66. The van der Waals surface area contributed by atoms with Crippen LogP contribution in [0.15, 0.2) is 0 Å². The first-order chi connectivity index (χ1) is 6.74. The predicted octanol–water partition coefficient (Wildman–Crippen LogP) is 1.67. The Kier molecular flexibility index (Phi) is 4.94. The SMILES string of the molecule is CCOC(=O)C(C)CCN1CCCC1. The zero-order chi connectivity index (χ0) is 10.4. The van der Waals surface area contributed by atoms with E-state index in [-0.39, 0.29) is 11.9 Å². The minimum atomic E-state index is -0.0494. The van der Waals surface area contributed by atoms with Gasteiger partial charge >= 0.3 is 5.97 Å². The van der Waals surface area contributed by atoms with Crippen molar-refractivity contribution in [3.05, 3.63) is 0 Å². The van der Waals surface area contributed by atoms with Crippen LogP contribution in [0.1, 0.15) is 33.1 Å². The quantitative estimate of drug-likeness (QED) is 0.631. The van der Waals surface area contributed by atoms with E-state index in [2.05, 4.69) is 4.90 Å². The van der Waals surface area contributed by atoms with Crippen molar-refractivity contribution < 1.29 is 9.53 Å². The Morgan fingerprint density at radius 2 is 2.07 bits per heavy atom. The standard InChI is InChI=1S/C11H21NO2/c1-3-14-11(13)10(2)6-9-12-7-4-5-8-12/h10H,3-9H2,1-2H3. The molecule has 1 aliphatic rings. The summed E-state index contributed by atoms with van der Waals surface area (Å²) in [6.45, 7) is 7.75. The van der Waals surface area contributed by atoms with E-state index in [9.17, 15) is 4.79 Å². The Bertz CT molecular complexity index is 176. The van der Waals surface area contributed by atoms with Gasteiger partial charge in [-0.25, -0.2) is 0 Å². The summed E-state index contributed by atoms with van der Waals surface area (Å²) in [7, 11) is 0. The van der Waals surface area contributed by atoms with Crippen LogP contribution < -0.4 is 0 Å². The van der Waals surface area contributed by atoms with Crippen LogP contribution in [0, 0.1) is 5.92 Å². The van der Waals surface area contributed by atoms with E-state index in [1.165, 1.54) is 25.9 Å². The highest BCUT2D eigenvalue weighted by Gasteiger charge is 2.17. The summed E-state index contributed by atoms with van der Waals surface area (Å²) in [4.78, 5) is 13.7. The van der Waals surface area contributed by atoms with Crippen LogP contribution in [0.3, 0.4) is 0 Å². The zero-order valence-electron chi connectivity index (χ0n) is 9.29. The molecule has 0 aromatic carbocycles. The van der Waals surface area contributed by atoms with Gasteiger partial charge in [-0.05, 0) is 45.8 Å². The fourth-order valence-corrected chi connectivity index (χ4v) is 1.78. The molecule has 0 aliphatic carbocycles. The number of likely N-dealkylation sites (tertiary alicyclic amines) is 1. The summed E-state index contributed by atoms with van der Waals surface area (Å²) >= 11 is 0. The number of carbonyl (C=O) groups excluding carboxylic acids is 1. The fourth-order valence-electron chi connectivity index (χ4n) is 1.78. The Morgan fingerprint density at radius 3 is 2.64 bits per heavy atom. The molecular formula is C11H21NO2. The van der Waals surface area contributed by atoms with E-state index in [0.29, 0.717) is 6.61 Å². The summed E-state index contributed by atoms with van der Waals surface area (Å²) in [5.41, 5.74) is 0. The van der Waals surface area contributed by atoms with Gasteiger partial charge < -0.3 is 9.64 Å². The van der Waals surface area contributed by atoms with Gasteiger partial charge in [0.2, 0.25) is 0 Å². The van der Waals surface area contributed by atoms with Gasteiger partial charge in [0.1, 0.15) is 0 Å². The maximum atomic E-state index is 11.3. The molecule has 0 saturated carbocycles. The molecule has 0 N–H and O–H groups in total. The smallest absolute Gasteiger partial charge is 0.308 e. The van der Waals surface area contributed by atoms with Gasteiger partial charge in [0, 0.05) is 0 Å². The van der Waals surface area contributed by atoms with E-state index < -0.39 is 0 Å². The Balaban J connectivity index is 2.13. The number of hydrogen-bond acceptors (Lipinski definition) is 3. The second-order valence-electron chi connectivity index (χ2n) is 3.99. The molecule has 1 rings (SSSR count). The second kappa shape index (κ2) is 6.02. The molecule has 0 spiro atoms. The Labute approximate surface area is 86.4 Å². The molecule has 1 aliphatic heterocycles. The van der Waals surface area contributed by atoms with Gasteiger partial charge in [-0.1, -0.05) is 6.92 Å². The van der Waals surface area contributed by atoms with E-state index >= 15 is 0 Å². The van der Waals surface area contributed by atoms with E-state index in [1.54, 1.807) is 0 Å². The lowest BCUT2D eigenvalue weighted by Gasteiger charge is -2.16. The summed E-state index contributed by atoms with van der Waals surface area (Å²) in [5.74, 6) is 0.00208. The summed E-state index contributed by atoms with van der Waals surface area (Å²) < 4.78 is 4.96. The lowest BCUT2D eigenvalue weighted by atomic mass is 10.1. The number of nitrogens with zero attached hydrogens (tertiary/aromatic N) is 1. The largest absolute Gasteiger partial charge is 0.466 e. The van der Waals surface area contributed by atoms with Crippen LogP contribution in [-0.2, 0) is 9.53 Å². The summed E-state index contributed by atoms with van der Waals surface area (Å²) in [6, 6.07) is 0. The monoisotopic (exact) mass is 199 g/mol. The van der Waals surface area contributed by atoms with Crippen molar-refractivity contribution in [1.29, 1.82) is 0 Å². The fraction of sp³-hybridized carbons (Fsp3) is 0.909. The van der Waals surface area contributed by atoms with Crippen molar-refractivity contribution in [2.24, 2.45) is 5.92 Å². The molecule has 1 saturated heterocycles. The Hall–Kier alpha value is -0.570. The molecule has 0 aromatic rings. The molecule has 0 radical (unpaired) electrons. The second-order valence-corrected chi connectivity index (χ2v) is 3.99. The van der Waals surface area contributed by atoms with Crippen molar-refractivity contribution >= 4 is 5.97 Å². The van der Waals surface area contributed by atoms with Crippen LogP contribution in [0.2, 0.25) is 0 Å². The minimum Gasteiger partial charge on any atom is -0.466 e. The maximum Gasteiger partial charge on any atom is 0.308 e. The van der Waals surface area contributed by atoms with Crippen LogP contribution in [0.5, 0.6) is 0 Å². The van der Waals surface area contributed by atoms with E-state index in [1.807, 2.05) is 13.8 Å². The molecule has 3 nitrogen and oxygen atoms in total. The molecule has 1 heterocycles. The van der Waals surface area contributed by atoms with E-state index in [0.717, 1.165) is 13.0 Å². The molecule has 0 bridgehead atoms. The predicted molar refractivity (Wildman–Crippen MR) is 56.1 cm³/mol. The lowest BCUT2D eigenvalue weighted by molar-refractivity contribution is -0.147. The Morgan fingerprint density at radius 1 is 1.43 bits per heavy atom. The number of ether oxygens (including phenoxy) is 1. The average Bonchev–Trinajstić information content (AvgIpc) is 2.67. The topological polar surface area (TPSA) is 29.5 Å². The average molecular weight is 199 g/mol. The first-order valence-electron chi connectivity index (χ1n) is 5.63. The van der Waals surface area contributed by atoms with Crippen LogP contribution in [0.4, 0.5) is 0 Å². The molecule has 0 aromatic heterocycles. The van der Waals surface area contributed by atoms with Gasteiger partial charge in [-0.15, -0.1) is 0 Å². The first kappa shape index (κ1) is 11.5. The third-order valence-electron chi connectivity index (χ3n) is 2.77. The number of esters is 1. The lowest BCUT2D eigenvalue weighted by Crippen LogP contribution is -2.25. The highest BCUT2D eigenvalue weighted by molar-refractivity contribution is 5.71. The van der Waals surface area contributed by atoms with Crippen LogP contribution in [-0.4, -0.2) is 37.1 Å². The minimum absolute atomic E-state index is 0.0494. The van der Waals surface area contributed by atoms with Gasteiger partial charge in [0.05, 0.1) is 12.5 Å². The zero-order valence-corrected chi connectivity index (χ0v) is 9.29. The normalized spacial score (nSPS) is 19.6. The summed E-state index contributed by atoms with van der Waals surface area (Å²) in [6.07, 6.45) is 3.56. The summed E-state index contributed by atoms with van der Waals surface area (Å²) in [5, 5.41) is 0. The van der Waals surface area contributed by atoms with Crippen molar-refractivity contribution in [2.75, 3.05) is 26.2 Å². The van der Waals surface area contributed by atoms with E-state index in [4.69, 9.17) is 4.74 Å². The maximum absolute atomic E-state index is 11.3. The van der Waals surface area contributed by atoms with Crippen molar-refractivity contribution in [1.82, 2.24) is 4.90 Å².